The van der Waals surface area contributed by atoms with Crippen LogP contribution in [0.5, 0.6) is 0 Å². The smallest absolute Gasteiger partial charge is 0.242 e. The highest BCUT2D eigenvalue weighted by atomic mass is 32.2. The van der Waals surface area contributed by atoms with Crippen LogP contribution < -0.4 is 0 Å². The first kappa shape index (κ1) is 16.1. The molecule has 0 radical (unpaired) electrons. The molecule has 0 heterocycles. The highest BCUT2D eigenvalue weighted by molar-refractivity contribution is 7.90. The number of aliphatic hydroxyl groups excluding tert-OH is 1. The van der Waals surface area contributed by atoms with E-state index in [2.05, 4.69) is 0 Å². The molecule has 0 bridgehead atoms. The number of sulfonamides is 1. The van der Waals surface area contributed by atoms with Gasteiger partial charge in [0.2, 0.25) is 10.0 Å². The lowest BCUT2D eigenvalue weighted by atomic mass is 10.4. The normalized spacial score (nSPS) is 14.6. The number of hydrogen-bond acceptors (Lipinski definition) is 5. The van der Waals surface area contributed by atoms with Crippen molar-refractivity contribution in [1.29, 1.82) is 0 Å². The van der Waals surface area contributed by atoms with Gasteiger partial charge in [0.05, 0.1) is 15.9 Å². The molecule has 0 spiro atoms. The second kappa shape index (κ2) is 5.58. The molecule has 1 unspecified atom stereocenters. The van der Waals surface area contributed by atoms with E-state index in [4.69, 9.17) is 0 Å². The average molecular weight is 307 g/mol. The standard InChI is InChI=1S/C11H17NO5S2/c1-9(13)8-12(2)19(16,17)11-6-4-10(5-7-11)18(3,14)15/h4-7,9,13H,8H2,1-3H3. The molecule has 0 aromatic heterocycles. The van der Waals surface area contributed by atoms with Crippen LogP contribution in [0.15, 0.2) is 34.1 Å². The van der Waals surface area contributed by atoms with E-state index in [0.29, 0.717) is 0 Å². The molecule has 8 heteroatoms. The highest BCUT2D eigenvalue weighted by Crippen LogP contribution is 2.17. The minimum atomic E-state index is -3.72. The number of nitrogens with zero attached hydrogens (tertiary/aromatic N) is 1. The molecule has 0 saturated carbocycles. The van der Waals surface area contributed by atoms with Crippen LogP contribution in [0.25, 0.3) is 0 Å². The minimum Gasteiger partial charge on any atom is -0.392 e. The summed E-state index contributed by atoms with van der Waals surface area (Å²) in [5, 5.41) is 9.20. The van der Waals surface area contributed by atoms with Gasteiger partial charge in [0.15, 0.2) is 9.84 Å². The Balaban J connectivity index is 3.10. The summed E-state index contributed by atoms with van der Waals surface area (Å²) < 4.78 is 47.8. The quantitative estimate of drug-likeness (QED) is 0.832. The molecule has 19 heavy (non-hydrogen) atoms. The van der Waals surface area contributed by atoms with Crippen molar-refractivity contribution in [3.05, 3.63) is 24.3 Å². The molecule has 1 rings (SSSR count). The number of benzene rings is 1. The average Bonchev–Trinajstić information content (AvgIpc) is 2.27. The second-order valence-corrected chi connectivity index (χ2v) is 8.44. The third-order valence-corrected chi connectivity index (χ3v) is 5.45. The van der Waals surface area contributed by atoms with Gasteiger partial charge >= 0.3 is 0 Å². The van der Waals surface area contributed by atoms with Gasteiger partial charge in [-0.25, -0.2) is 16.8 Å². The topological polar surface area (TPSA) is 91.8 Å². The summed E-state index contributed by atoms with van der Waals surface area (Å²) in [6.07, 6.45) is 0.269. The third kappa shape index (κ3) is 4.00. The predicted octanol–water partition coefficient (Wildman–Crippen LogP) is 0.0914. The van der Waals surface area contributed by atoms with Gasteiger partial charge in [0.25, 0.3) is 0 Å². The number of hydrogen-bond donors (Lipinski definition) is 1. The van der Waals surface area contributed by atoms with E-state index in [0.717, 1.165) is 10.6 Å². The first-order valence-corrected chi connectivity index (χ1v) is 8.83. The molecule has 6 nitrogen and oxygen atoms in total. The minimum absolute atomic E-state index is 0.0111. The van der Waals surface area contributed by atoms with E-state index in [9.17, 15) is 21.9 Å². The maximum atomic E-state index is 12.1. The van der Waals surface area contributed by atoms with Crippen molar-refractivity contribution in [3.8, 4) is 0 Å². The molecular weight excluding hydrogens is 290 g/mol. The van der Waals surface area contributed by atoms with Gasteiger partial charge in [0.1, 0.15) is 0 Å². The molecule has 0 fully saturated rings. The van der Waals surface area contributed by atoms with Crippen LogP contribution in [0.1, 0.15) is 6.92 Å². The van der Waals surface area contributed by atoms with E-state index in [1.165, 1.54) is 38.2 Å². The van der Waals surface area contributed by atoms with E-state index in [-0.39, 0.29) is 16.3 Å². The van der Waals surface area contributed by atoms with Gasteiger partial charge in [-0.2, -0.15) is 4.31 Å². The van der Waals surface area contributed by atoms with Crippen molar-refractivity contribution in [2.24, 2.45) is 0 Å². The first-order valence-electron chi connectivity index (χ1n) is 5.49. The number of likely N-dealkylation sites (N-methyl/N-ethyl adjacent to an activating group) is 1. The van der Waals surface area contributed by atoms with Gasteiger partial charge < -0.3 is 5.11 Å². The van der Waals surface area contributed by atoms with E-state index < -0.39 is 26.0 Å². The summed E-state index contributed by atoms with van der Waals surface area (Å²) in [5.74, 6) is 0. The van der Waals surface area contributed by atoms with Crippen molar-refractivity contribution >= 4 is 19.9 Å². The van der Waals surface area contributed by atoms with Crippen LogP contribution >= 0.6 is 0 Å². The van der Waals surface area contributed by atoms with Gasteiger partial charge in [0, 0.05) is 19.8 Å². The van der Waals surface area contributed by atoms with Crippen LogP contribution in [-0.4, -0.2) is 52.2 Å². The Morgan fingerprint density at radius 2 is 1.53 bits per heavy atom. The summed E-state index contributed by atoms with van der Waals surface area (Å²) in [7, 11) is -5.72. The van der Waals surface area contributed by atoms with Gasteiger partial charge in [-0.1, -0.05) is 0 Å². The number of aliphatic hydroxyl groups is 1. The Labute approximate surface area is 113 Å². The molecule has 1 aromatic rings. The van der Waals surface area contributed by atoms with Gasteiger partial charge in [-0.05, 0) is 31.2 Å². The SMILES string of the molecule is CC(O)CN(C)S(=O)(=O)c1ccc(S(C)(=O)=O)cc1. The molecule has 0 amide bonds. The fourth-order valence-corrected chi connectivity index (χ4v) is 3.39. The van der Waals surface area contributed by atoms with E-state index >= 15 is 0 Å². The fraction of sp³-hybridized carbons (Fsp3) is 0.455. The fourth-order valence-electron chi connectivity index (χ4n) is 1.51. The van der Waals surface area contributed by atoms with Crippen LogP contribution in [-0.2, 0) is 19.9 Å². The summed E-state index contributed by atoms with van der Waals surface area (Å²) >= 11 is 0. The third-order valence-electron chi connectivity index (χ3n) is 2.48. The van der Waals surface area contributed by atoms with Crippen LogP contribution in [0, 0.1) is 0 Å². The summed E-state index contributed by atoms with van der Waals surface area (Å²) in [6.45, 7) is 1.45. The lowest BCUT2D eigenvalue weighted by Gasteiger charge is -2.18. The Bertz CT molecular complexity index is 632. The maximum absolute atomic E-state index is 12.1. The lowest BCUT2D eigenvalue weighted by molar-refractivity contribution is 0.171. The van der Waals surface area contributed by atoms with Gasteiger partial charge in [-0.15, -0.1) is 0 Å². The Morgan fingerprint density at radius 3 is 1.89 bits per heavy atom. The lowest BCUT2D eigenvalue weighted by Crippen LogP contribution is -2.33. The molecule has 0 aliphatic heterocycles. The van der Waals surface area contributed by atoms with Crippen LogP contribution in [0.4, 0.5) is 0 Å². The Hall–Kier alpha value is -0.960. The van der Waals surface area contributed by atoms with E-state index in [1.54, 1.807) is 0 Å². The Morgan fingerprint density at radius 1 is 1.11 bits per heavy atom. The van der Waals surface area contributed by atoms with Crippen molar-refractivity contribution in [1.82, 2.24) is 4.31 Å². The van der Waals surface area contributed by atoms with Crippen LogP contribution in [0.3, 0.4) is 0 Å². The summed E-state index contributed by atoms with van der Waals surface area (Å²) in [4.78, 5) is 0.0488. The Kier molecular flexibility index (Phi) is 4.72. The highest BCUT2D eigenvalue weighted by Gasteiger charge is 2.22. The molecule has 0 aliphatic carbocycles. The summed E-state index contributed by atoms with van der Waals surface area (Å²) in [6, 6.07) is 4.98. The monoisotopic (exact) mass is 307 g/mol. The molecule has 0 aliphatic rings. The van der Waals surface area contributed by atoms with Crippen molar-refractivity contribution < 1.29 is 21.9 Å². The molecule has 1 N–H and O–H groups in total. The largest absolute Gasteiger partial charge is 0.392 e. The molecule has 1 aromatic carbocycles. The first-order chi connectivity index (χ1) is 8.55. The van der Waals surface area contributed by atoms with Crippen molar-refractivity contribution in [2.45, 2.75) is 22.8 Å². The zero-order chi connectivity index (χ0) is 14.8. The van der Waals surface area contributed by atoms with E-state index in [1.807, 2.05) is 0 Å². The van der Waals surface area contributed by atoms with Gasteiger partial charge in [-0.3, -0.25) is 0 Å². The van der Waals surface area contributed by atoms with Crippen molar-refractivity contribution in [2.75, 3.05) is 19.8 Å². The zero-order valence-electron chi connectivity index (χ0n) is 10.9. The zero-order valence-corrected chi connectivity index (χ0v) is 12.6. The molecular formula is C11H17NO5S2. The molecule has 108 valence electrons. The predicted molar refractivity (Wildman–Crippen MR) is 71.0 cm³/mol. The molecule has 1 atom stereocenters. The number of rotatable bonds is 5. The summed E-state index contributed by atoms with van der Waals surface area (Å²) in [5.41, 5.74) is 0. The van der Waals surface area contributed by atoms with Crippen molar-refractivity contribution in [3.63, 3.8) is 0 Å². The molecule has 0 saturated heterocycles. The van der Waals surface area contributed by atoms with Crippen LogP contribution in [0.2, 0.25) is 0 Å². The maximum Gasteiger partial charge on any atom is 0.242 e. The second-order valence-electron chi connectivity index (χ2n) is 4.38. The number of sulfone groups is 1.